The molecule has 180 valence electrons. The van der Waals surface area contributed by atoms with Crippen molar-refractivity contribution < 1.29 is 28.6 Å². The second-order valence-electron chi connectivity index (χ2n) is 8.39. The molecule has 0 saturated carbocycles. The van der Waals surface area contributed by atoms with Crippen molar-refractivity contribution in [2.24, 2.45) is 0 Å². The Kier molecular flexibility index (Phi) is 8.16. The number of urea groups is 1. The van der Waals surface area contributed by atoms with E-state index in [0.717, 1.165) is 50.7 Å². The Morgan fingerprint density at radius 2 is 2.12 bits per heavy atom. The Morgan fingerprint density at radius 1 is 1.27 bits per heavy atom. The molecule has 2 aromatic rings. The first-order valence-corrected chi connectivity index (χ1v) is 11.4. The number of aromatic nitrogens is 1. The topological polar surface area (TPSA) is 118 Å². The minimum absolute atomic E-state index is 0.0945. The smallest absolute Gasteiger partial charge is 0.319 e. The van der Waals surface area contributed by atoms with E-state index < -0.39 is 12.2 Å². The molecule has 2 aliphatic rings. The predicted octanol–water partition coefficient (Wildman–Crippen LogP) is 1.79. The van der Waals surface area contributed by atoms with Gasteiger partial charge in [0.1, 0.15) is 11.9 Å². The SMILES string of the molecule is COc1cccc(NC(=O)NCC2OC(Cc3cc(CN4CCOCC4)on3)CCC2O)c1. The highest BCUT2D eigenvalue weighted by Gasteiger charge is 2.31. The molecule has 10 heteroatoms. The fourth-order valence-corrected chi connectivity index (χ4v) is 4.09. The third-order valence-corrected chi connectivity index (χ3v) is 5.90. The number of nitrogens with one attached hydrogen (secondary N) is 2. The number of aliphatic hydroxyl groups is 1. The summed E-state index contributed by atoms with van der Waals surface area (Å²) in [6, 6.07) is 8.70. The van der Waals surface area contributed by atoms with Crippen LogP contribution in [0.4, 0.5) is 10.5 Å². The highest BCUT2D eigenvalue weighted by Crippen LogP contribution is 2.23. The van der Waals surface area contributed by atoms with E-state index in [2.05, 4.69) is 20.7 Å². The molecule has 3 heterocycles. The van der Waals surface area contributed by atoms with Crippen molar-refractivity contribution >= 4 is 11.7 Å². The van der Waals surface area contributed by atoms with Gasteiger partial charge in [0.25, 0.3) is 0 Å². The van der Waals surface area contributed by atoms with Crippen LogP contribution in [0.25, 0.3) is 0 Å². The average molecular weight is 461 g/mol. The standard InChI is InChI=1S/C23H32N4O6/c1-30-18-4-2-3-16(11-18)25-23(29)24-14-22-21(28)6-5-19(32-22)12-17-13-20(33-26-17)15-27-7-9-31-10-8-27/h2-4,11,13,19,21-22,28H,5-10,12,14-15H2,1H3,(H2,24,25,29). The van der Waals surface area contributed by atoms with Gasteiger partial charge in [-0.05, 0) is 25.0 Å². The molecule has 0 spiro atoms. The molecule has 4 rings (SSSR count). The lowest BCUT2D eigenvalue weighted by molar-refractivity contribution is -0.113. The largest absolute Gasteiger partial charge is 0.497 e. The summed E-state index contributed by atoms with van der Waals surface area (Å²) in [7, 11) is 1.57. The molecule has 0 aliphatic carbocycles. The number of carbonyl (C=O) groups is 1. The van der Waals surface area contributed by atoms with E-state index in [4.69, 9.17) is 18.7 Å². The number of methoxy groups -OCH3 is 1. The summed E-state index contributed by atoms with van der Waals surface area (Å²) < 4.78 is 22.1. The first-order chi connectivity index (χ1) is 16.1. The van der Waals surface area contributed by atoms with Gasteiger partial charge >= 0.3 is 6.03 Å². The number of aliphatic hydroxyl groups excluding tert-OH is 1. The van der Waals surface area contributed by atoms with Gasteiger partial charge in [-0.15, -0.1) is 0 Å². The Morgan fingerprint density at radius 3 is 2.94 bits per heavy atom. The predicted molar refractivity (Wildman–Crippen MR) is 120 cm³/mol. The van der Waals surface area contributed by atoms with Gasteiger partial charge in [-0.2, -0.15) is 0 Å². The van der Waals surface area contributed by atoms with E-state index in [0.29, 0.717) is 24.3 Å². The van der Waals surface area contributed by atoms with E-state index >= 15 is 0 Å². The molecule has 0 bridgehead atoms. The molecular weight excluding hydrogens is 428 g/mol. The maximum Gasteiger partial charge on any atom is 0.319 e. The van der Waals surface area contributed by atoms with Crippen LogP contribution in [-0.4, -0.2) is 79.5 Å². The van der Waals surface area contributed by atoms with Crippen molar-refractivity contribution in [3.8, 4) is 5.75 Å². The quantitative estimate of drug-likeness (QED) is 0.546. The molecule has 2 aliphatic heterocycles. The third-order valence-electron chi connectivity index (χ3n) is 5.90. The molecule has 2 fully saturated rings. The molecule has 0 radical (unpaired) electrons. The number of benzene rings is 1. The van der Waals surface area contributed by atoms with Crippen LogP contribution in [0.3, 0.4) is 0 Å². The van der Waals surface area contributed by atoms with E-state index in [1.165, 1.54) is 0 Å². The normalized spacial score (nSPS) is 23.8. The average Bonchev–Trinajstić information content (AvgIpc) is 3.26. The second kappa shape index (κ2) is 11.5. The van der Waals surface area contributed by atoms with E-state index in [1.807, 2.05) is 6.07 Å². The Balaban J connectivity index is 1.23. The minimum atomic E-state index is -0.632. The van der Waals surface area contributed by atoms with Gasteiger partial charge in [-0.25, -0.2) is 4.79 Å². The molecule has 2 amide bonds. The van der Waals surface area contributed by atoms with Crippen LogP contribution < -0.4 is 15.4 Å². The summed E-state index contributed by atoms with van der Waals surface area (Å²) in [6.45, 7) is 4.18. The summed E-state index contributed by atoms with van der Waals surface area (Å²) in [5.41, 5.74) is 1.45. The lowest BCUT2D eigenvalue weighted by atomic mass is 9.98. The van der Waals surface area contributed by atoms with Gasteiger partial charge in [0.05, 0.1) is 44.8 Å². The van der Waals surface area contributed by atoms with Crippen LogP contribution in [0.5, 0.6) is 5.75 Å². The molecule has 2 saturated heterocycles. The molecule has 1 aromatic carbocycles. The van der Waals surface area contributed by atoms with Gasteiger partial charge in [0, 0.05) is 43.9 Å². The summed E-state index contributed by atoms with van der Waals surface area (Å²) >= 11 is 0. The van der Waals surface area contributed by atoms with E-state index in [9.17, 15) is 9.90 Å². The lowest BCUT2D eigenvalue weighted by Gasteiger charge is -2.33. The van der Waals surface area contributed by atoms with Crippen LogP contribution in [0.1, 0.15) is 24.3 Å². The van der Waals surface area contributed by atoms with Gasteiger partial charge in [-0.1, -0.05) is 11.2 Å². The Bertz CT molecular complexity index is 901. The lowest BCUT2D eigenvalue weighted by Crippen LogP contribution is -2.47. The maximum absolute atomic E-state index is 12.3. The van der Waals surface area contributed by atoms with Gasteiger partial charge in [0.15, 0.2) is 5.76 Å². The van der Waals surface area contributed by atoms with Crippen LogP contribution in [0, 0.1) is 0 Å². The molecule has 33 heavy (non-hydrogen) atoms. The van der Waals surface area contributed by atoms with Crippen molar-refractivity contribution in [2.75, 3.05) is 45.3 Å². The van der Waals surface area contributed by atoms with Crippen molar-refractivity contribution in [2.45, 2.75) is 44.1 Å². The zero-order chi connectivity index (χ0) is 23.0. The summed E-state index contributed by atoms with van der Waals surface area (Å²) in [5.74, 6) is 1.48. The summed E-state index contributed by atoms with van der Waals surface area (Å²) in [5, 5.41) is 20.1. The number of amides is 2. The first-order valence-electron chi connectivity index (χ1n) is 11.4. The second-order valence-corrected chi connectivity index (χ2v) is 8.39. The molecular formula is C23H32N4O6. The number of morpholine rings is 1. The monoisotopic (exact) mass is 460 g/mol. The van der Waals surface area contributed by atoms with Gasteiger partial charge < -0.3 is 34.5 Å². The van der Waals surface area contributed by atoms with Gasteiger partial charge in [-0.3, -0.25) is 4.90 Å². The number of hydrogen-bond acceptors (Lipinski definition) is 8. The number of nitrogens with zero attached hydrogens (tertiary/aromatic N) is 2. The number of anilines is 1. The van der Waals surface area contributed by atoms with Crippen LogP contribution in [0.15, 0.2) is 34.9 Å². The third kappa shape index (κ3) is 6.91. The molecule has 3 N–H and O–H groups in total. The molecule has 1 aromatic heterocycles. The summed E-state index contributed by atoms with van der Waals surface area (Å²) in [6.07, 6.45) is 0.716. The molecule has 10 nitrogen and oxygen atoms in total. The molecule has 3 unspecified atom stereocenters. The van der Waals surface area contributed by atoms with Crippen LogP contribution in [-0.2, 0) is 22.4 Å². The van der Waals surface area contributed by atoms with E-state index in [-0.39, 0.29) is 18.7 Å². The van der Waals surface area contributed by atoms with Crippen LogP contribution in [0.2, 0.25) is 0 Å². The first kappa shape index (κ1) is 23.5. The zero-order valence-corrected chi connectivity index (χ0v) is 18.9. The van der Waals surface area contributed by atoms with Crippen molar-refractivity contribution in [3.63, 3.8) is 0 Å². The Hall–Kier alpha value is -2.66. The zero-order valence-electron chi connectivity index (χ0n) is 18.9. The minimum Gasteiger partial charge on any atom is -0.497 e. The highest BCUT2D eigenvalue weighted by atomic mass is 16.5. The summed E-state index contributed by atoms with van der Waals surface area (Å²) in [4.78, 5) is 14.5. The fraction of sp³-hybridized carbons (Fsp3) is 0.565. The van der Waals surface area contributed by atoms with E-state index in [1.54, 1.807) is 31.4 Å². The number of rotatable bonds is 8. The highest BCUT2D eigenvalue weighted by molar-refractivity contribution is 5.89. The number of hydrogen-bond donors (Lipinski definition) is 3. The number of carbonyl (C=O) groups excluding carboxylic acids is 1. The molecule has 3 atom stereocenters. The fourth-order valence-electron chi connectivity index (χ4n) is 4.09. The van der Waals surface area contributed by atoms with Gasteiger partial charge in [0.2, 0.25) is 0 Å². The Labute approximate surface area is 193 Å². The maximum atomic E-state index is 12.3. The van der Waals surface area contributed by atoms with Crippen molar-refractivity contribution in [1.29, 1.82) is 0 Å². The van der Waals surface area contributed by atoms with Crippen molar-refractivity contribution in [1.82, 2.24) is 15.4 Å². The van der Waals surface area contributed by atoms with Crippen molar-refractivity contribution in [3.05, 3.63) is 41.8 Å². The number of ether oxygens (including phenoxy) is 3. The van der Waals surface area contributed by atoms with Crippen LogP contribution >= 0.6 is 0 Å².